The number of phenols is 1. The Balaban J connectivity index is 3.36. The van der Waals surface area contributed by atoms with Crippen molar-refractivity contribution >= 4 is 18.6 Å². The average Bonchev–Trinajstić information content (AvgIpc) is 2.00. The molecule has 0 unspecified atom stereocenters. The van der Waals surface area contributed by atoms with Crippen LogP contribution < -0.4 is 0 Å². The lowest BCUT2D eigenvalue weighted by atomic mass is 10.1. The third-order valence-electron chi connectivity index (χ3n) is 1.58. The number of hydrogen-bond acceptors (Lipinski definition) is 3. The molecule has 0 saturated heterocycles. The number of benzene rings is 1. The zero-order valence-electron chi connectivity index (χ0n) is 6.40. The molecule has 0 amide bonds. The number of aryl methyl sites for hydroxylation is 1. The summed E-state index contributed by atoms with van der Waals surface area (Å²) >= 11 is 3.89. The van der Waals surface area contributed by atoms with E-state index in [0.717, 1.165) is 0 Å². The molecule has 0 aliphatic rings. The molecule has 0 atom stereocenters. The lowest BCUT2D eigenvalue weighted by Gasteiger charge is -2.04. The highest BCUT2D eigenvalue weighted by Gasteiger charge is 2.11. The number of aromatic carboxylic acids is 1. The van der Waals surface area contributed by atoms with Crippen molar-refractivity contribution in [2.24, 2.45) is 0 Å². The number of phenolic OH excluding ortho intramolecular Hbond substituents is 1. The molecular weight excluding hydrogens is 176 g/mol. The Morgan fingerprint density at radius 3 is 2.58 bits per heavy atom. The first kappa shape index (κ1) is 8.93. The fourth-order valence-electron chi connectivity index (χ4n) is 0.853. The van der Waals surface area contributed by atoms with E-state index in [1.807, 2.05) is 0 Å². The Kier molecular flexibility index (Phi) is 2.28. The van der Waals surface area contributed by atoms with Crippen LogP contribution in [0.5, 0.6) is 5.75 Å². The van der Waals surface area contributed by atoms with Gasteiger partial charge in [0.05, 0.1) is 10.5 Å². The summed E-state index contributed by atoms with van der Waals surface area (Å²) in [5, 5.41) is 17.9. The van der Waals surface area contributed by atoms with Crippen LogP contribution >= 0.6 is 12.6 Å². The zero-order chi connectivity index (χ0) is 9.30. The second kappa shape index (κ2) is 3.06. The van der Waals surface area contributed by atoms with Crippen LogP contribution in [-0.4, -0.2) is 16.2 Å². The van der Waals surface area contributed by atoms with Crippen LogP contribution in [-0.2, 0) is 0 Å². The first-order chi connectivity index (χ1) is 5.54. The van der Waals surface area contributed by atoms with Gasteiger partial charge >= 0.3 is 5.97 Å². The summed E-state index contributed by atoms with van der Waals surface area (Å²) in [7, 11) is 0. The van der Waals surface area contributed by atoms with Crippen molar-refractivity contribution in [2.45, 2.75) is 11.8 Å². The van der Waals surface area contributed by atoms with Gasteiger partial charge in [0.2, 0.25) is 0 Å². The van der Waals surface area contributed by atoms with Gasteiger partial charge in [-0.05, 0) is 18.6 Å². The van der Waals surface area contributed by atoms with Crippen LogP contribution in [0.15, 0.2) is 17.0 Å². The van der Waals surface area contributed by atoms with Gasteiger partial charge in [-0.3, -0.25) is 0 Å². The van der Waals surface area contributed by atoms with Crippen LogP contribution in [0.25, 0.3) is 0 Å². The van der Waals surface area contributed by atoms with Gasteiger partial charge in [0.1, 0.15) is 5.75 Å². The fourth-order valence-corrected chi connectivity index (χ4v) is 1.20. The molecule has 4 heteroatoms. The van der Waals surface area contributed by atoms with Gasteiger partial charge in [0.25, 0.3) is 0 Å². The highest BCUT2D eigenvalue weighted by molar-refractivity contribution is 7.80. The van der Waals surface area contributed by atoms with Crippen LogP contribution in [0.3, 0.4) is 0 Å². The van der Waals surface area contributed by atoms with Crippen LogP contribution in [0.2, 0.25) is 0 Å². The summed E-state index contributed by atoms with van der Waals surface area (Å²) < 4.78 is 0. The summed E-state index contributed by atoms with van der Waals surface area (Å²) in [5.74, 6) is -1.16. The van der Waals surface area contributed by atoms with Crippen molar-refractivity contribution < 1.29 is 15.0 Å². The van der Waals surface area contributed by atoms with Gasteiger partial charge in [-0.1, -0.05) is 6.07 Å². The molecule has 0 bridgehead atoms. The van der Waals surface area contributed by atoms with Crippen molar-refractivity contribution in [3.05, 3.63) is 23.3 Å². The SMILES string of the molecule is Cc1ccc(C(=O)O)c(S)c1O. The summed E-state index contributed by atoms with van der Waals surface area (Å²) in [6.07, 6.45) is 0. The number of rotatable bonds is 1. The highest BCUT2D eigenvalue weighted by Crippen LogP contribution is 2.28. The summed E-state index contributed by atoms with van der Waals surface area (Å²) in [6.45, 7) is 1.68. The molecule has 1 aromatic carbocycles. The van der Waals surface area contributed by atoms with E-state index in [-0.39, 0.29) is 16.2 Å². The summed E-state index contributed by atoms with van der Waals surface area (Å²) in [5.41, 5.74) is 0.631. The van der Waals surface area contributed by atoms with Crippen LogP contribution in [0.1, 0.15) is 15.9 Å². The van der Waals surface area contributed by atoms with Gasteiger partial charge in [-0.25, -0.2) is 4.79 Å². The predicted molar refractivity (Wildman–Crippen MR) is 47.1 cm³/mol. The molecule has 64 valence electrons. The molecule has 12 heavy (non-hydrogen) atoms. The molecule has 0 aliphatic heterocycles. The smallest absolute Gasteiger partial charge is 0.336 e. The predicted octanol–water partition coefficient (Wildman–Crippen LogP) is 1.69. The third kappa shape index (κ3) is 1.38. The first-order valence-corrected chi connectivity index (χ1v) is 3.73. The van der Waals surface area contributed by atoms with Gasteiger partial charge in [0.15, 0.2) is 0 Å². The monoisotopic (exact) mass is 184 g/mol. The number of carboxylic acid groups (broad SMARTS) is 1. The van der Waals surface area contributed by atoms with E-state index in [2.05, 4.69) is 12.6 Å². The number of hydrogen-bond donors (Lipinski definition) is 3. The largest absolute Gasteiger partial charge is 0.506 e. The maximum atomic E-state index is 10.5. The molecule has 0 spiro atoms. The number of aromatic hydroxyl groups is 1. The lowest BCUT2D eigenvalue weighted by molar-refractivity contribution is 0.0692. The van der Waals surface area contributed by atoms with Crippen molar-refractivity contribution in [3.63, 3.8) is 0 Å². The molecule has 0 aliphatic carbocycles. The van der Waals surface area contributed by atoms with Crippen molar-refractivity contribution in [1.29, 1.82) is 0 Å². The topological polar surface area (TPSA) is 57.5 Å². The van der Waals surface area contributed by atoms with E-state index in [4.69, 9.17) is 5.11 Å². The molecule has 1 rings (SSSR count). The Labute approximate surface area is 75.1 Å². The molecule has 0 fully saturated rings. The van der Waals surface area contributed by atoms with E-state index in [9.17, 15) is 9.90 Å². The zero-order valence-corrected chi connectivity index (χ0v) is 7.30. The average molecular weight is 184 g/mol. The van der Waals surface area contributed by atoms with Crippen molar-refractivity contribution in [1.82, 2.24) is 0 Å². The summed E-state index contributed by atoms with van der Waals surface area (Å²) in [4.78, 5) is 10.6. The lowest BCUT2D eigenvalue weighted by Crippen LogP contribution is -1.98. The number of thiol groups is 1. The maximum absolute atomic E-state index is 10.5. The van der Waals surface area contributed by atoms with Gasteiger partial charge in [-0.2, -0.15) is 0 Å². The Hall–Kier alpha value is -1.16. The Morgan fingerprint density at radius 1 is 1.50 bits per heavy atom. The maximum Gasteiger partial charge on any atom is 0.336 e. The molecule has 0 aromatic heterocycles. The molecule has 0 radical (unpaired) electrons. The first-order valence-electron chi connectivity index (χ1n) is 3.29. The number of carboxylic acids is 1. The van der Waals surface area contributed by atoms with E-state index < -0.39 is 5.97 Å². The minimum Gasteiger partial charge on any atom is -0.506 e. The summed E-state index contributed by atoms with van der Waals surface area (Å²) in [6, 6.07) is 2.96. The van der Waals surface area contributed by atoms with E-state index >= 15 is 0 Å². The normalized spacial score (nSPS) is 9.83. The van der Waals surface area contributed by atoms with E-state index in [0.29, 0.717) is 5.56 Å². The minimum atomic E-state index is -1.09. The molecule has 0 heterocycles. The second-order valence-corrected chi connectivity index (χ2v) is 2.88. The van der Waals surface area contributed by atoms with Crippen LogP contribution in [0.4, 0.5) is 0 Å². The molecule has 1 aromatic rings. The second-order valence-electron chi connectivity index (χ2n) is 2.43. The molecule has 0 saturated carbocycles. The van der Waals surface area contributed by atoms with Gasteiger partial charge < -0.3 is 10.2 Å². The van der Waals surface area contributed by atoms with Gasteiger partial charge in [-0.15, -0.1) is 12.6 Å². The molecular formula is C8H8O3S. The standard InChI is InChI=1S/C8H8O3S/c1-4-2-3-5(8(10)11)7(12)6(4)9/h2-3,9,12H,1H3,(H,10,11). The molecule has 2 N–H and O–H groups in total. The Morgan fingerprint density at radius 2 is 2.08 bits per heavy atom. The van der Waals surface area contributed by atoms with Crippen molar-refractivity contribution in [3.8, 4) is 5.75 Å². The van der Waals surface area contributed by atoms with Crippen molar-refractivity contribution in [2.75, 3.05) is 0 Å². The number of carbonyl (C=O) groups is 1. The van der Waals surface area contributed by atoms with E-state index in [1.54, 1.807) is 13.0 Å². The molecule has 3 nitrogen and oxygen atoms in total. The minimum absolute atomic E-state index is 0.0152. The van der Waals surface area contributed by atoms with Gasteiger partial charge in [0, 0.05) is 0 Å². The highest BCUT2D eigenvalue weighted by atomic mass is 32.1. The van der Waals surface area contributed by atoms with E-state index in [1.165, 1.54) is 6.07 Å². The Bertz CT molecular complexity index is 333. The third-order valence-corrected chi connectivity index (χ3v) is 2.04. The van der Waals surface area contributed by atoms with Crippen LogP contribution in [0, 0.1) is 6.92 Å². The quantitative estimate of drug-likeness (QED) is 0.582. The fraction of sp³-hybridized carbons (Fsp3) is 0.125.